The van der Waals surface area contributed by atoms with Crippen molar-refractivity contribution in [1.82, 2.24) is 14.9 Å². The zero-order valence-corrected chi connectivity index (χ0v) is 10.3. The van der Waals surface area contributed by atoms with Crippen LogP contribution in [0.4, 0.5) is 0 Å². The van der Waals surface area contributed by atoms with Gasteiger partial charge in [-0.15, -0.1) is 11.8 Å². The van der Waals surface area contributed by atoms with Crippen molar-refractivity contribution in [3.63, 3.8) is 0 Å². The first-order chi connectivity index (χ1) is 7.79. The number of benzene rings is 1. The third kappa shape index (κ3) is 2.59. The smallest absolute Gasteiger partial charge is 0.216 e. The van der Waals surface area contributed by atoms with Crippen molar-refractivity contribution >= 4 is 30.2 Å². The molecule has 2 rings (SSSR count). The van der Waals surface area contributed by atoms with Crippen LogP contribution in [0.2, 0.25) is 0 Å². The van der Waals surface area contributed by atoms with Crippen LogP contribution in [0.5, 0.6) is 0 Å². The van der Waals surface area contributed by atoms with Crippen molar-refractivity contribution in [2.24, 2.45) is 5.10 Å². The highest BCUT2D eigenvalue weighted by Crippen LogP contribution is 2.13. The van der Waals surface area contributed by atoms with Gasteiger partial charge in [-0.1, -0.05) is 12.1 Å². The summed E-state index contributed by atoms with van der Waals surface area (Å²) < 4.78 is 2.00. The fraction of sp³-hybridized carbons (Fsp3) is 0.100. The quantitative estimate of drug-likeness (QED) is 0.517. The number of thioether (sulfide) groups is 1. The minimum absolute atomic E-state index is 0.483. The van der Waals surface area contributed by atoms with Gasteiger partial charge in [0.15, 0.2) is 0 Å². The van der Waals surface area contributed by atoms with Gasteiger partial charge in [0, 0.05) is 4.90 Å². The first kappa shape index (κ1) is 11.1. The second-order valence-electron chi connectivity index (χ2n) is 3.02. The highest BCUT2D eigenvalue weighted by molar-refractivity contribution is 7.98. The molecule has 0 aliphatic carbocycles. The second-order valence-corrected chi connectivity index (χ2v) is 4.29. The third-order valence-electron chi connectivity index (χ3n) is 1.98. The Morgan fingerprint density at radius 2 is 2.19 bits per heavy atom. The number of rotatable bonds is 3. The summed E-state index contributed by atoms with van der Waals surface area (Å²) >= 11 is 6.68. The molecule has 0 amide bonds. The molecule has 1 N–H and O–H groups in total. The van der Waals surface area contributed by atoms with E-state index in [2.05, 4.69) is 27.4 Å². The Labute approximate surface area is 102 Å². The van der Waals surface area contributed by atoms with E-state index in [9.17, 15) is 0 Å². The maximum atomic E-state index is 4.97. The molecule has 0 radical (unpaired) electrons. The van der Waals surface area contributed by atoms with E-state index in [1.54, 1.807) is 18.0 Å². The minimum Gasteiger partial charge on any atom is -0.250 e. The van der Waals surface area contributed by atoms with Crippen LogP contribution >= 0.6 is 24.0 Å². The number of nitrogens with zero attached hydrogens (tertiary/aromatic N) is 3. The minimum atomic E-state index is 0.483. The highest BCUT2D eigenvalue weighted by Gasteiger charge is 1.91. The lowest BCUT2D eigenvalue weighted by atomic mass is 10.2. The number of nitrogens with one attached hydrogen (secondary N) is 1. The number of hydrogen-bond donors (Lipinski definition) is 1. The number of hydrogen-bond acceptors (Lipinski definition) is 4. The monoisotopic (exact) mass is 250 g/mol. The van der Waals surface area contributed by atoms with Crippen LogP contribution in [-0.2, 0) is 0 Å². The van der Waals surface area contributed by atoms with Crippen LogP contribution in [0.3, 0.4) is 0 Å². The van der Waals surface area contributed by atoms with Crippen molar-refractivity contribution < 1.29 is 0 Å². The molecule has 0 fully saturated rings. The molecule has 0 saturated heterocycles. The van der Waals surface area contributed by atoms with Gasteiger partial charge in [0.05, 0.1) is 6.21 Å². The van der Waals surface area contributed by atoms with Gasteiger partial charge in [-0.3, -0.25) is 5.10 Å². The van der Waals surface area contributed by atoms with Crippen LogP contribution in [0.1, 0.15) is 5.56 Å². The summed E-state index contributed by atoms with van der Waals surface area (Å²) in [5.41, 5.74) is 1.03. The lowest BCUT2D eigenvalue weighted by molar-refractivity contribution is 0.863. The standard InChI is InChI=1S/C10H10N4S2/c1-16-9-4-2-8(3-5-9)6-12-14-7-11-13-10(14)15/h2-7H,1H3,(H,13,15)/b12-6+. The average Bonchev–Trinajstić information content (AvgIpc) is 2.73. The molecule has 4 nitrogen and oxygen atoms in total. The maximum Gasteiger partial charge on any atom is 0.216 e. The molecule has 1 aromatic heterocycles. The Morgan fingerprint density at radius 3 is 2.75 bits per heavy atom. The fourth-order valence-electron chi connectivity index (χ4n) is 1.14. The molecular formula is C10H10N4S2. The van der Waals surface area contributed by atoms with Crippen LogP contribution in [0.15, 0.2) is 40.6 Å². The van der Waals surface area contributed by atoms with Crippen LogP contribution in [0.25, 0.3) is 0 Å². The molecular weight excluding hydrogens is 240 g/mol. The van der Waals surface area contributed by atoms with Crippen molar-refractivity contribution in [2.45, 2.75) is 4.90 Å². The summed E-state index contributed by atoms with van der Waals surface area (Å²) in [6, 6.07) is 8.14. The van der Waals surface area contributed by atoms with Gasteiger partial charge in [0.2, 0.25) is 4.77 Å². The zero-order chi connectivity index (χ0) is 11.4. The van der Waals surface area contributed by atoms with Gasteiger partial charge in [0.1, 0.15) is 6.33 Å². The van der Waals surface area contributed by atoms with E-state index in [1.807, 2.05) is 18.4 Å². The van der Waals surface area contributed by atoms with Gasteiger partial charge in [-0.2, -0.15) is 14.9 Å². The summed E-state index contributed by atoms with van der Waals surface area (Å²) in [5, 5.41) is 10.6. The van der Waals surface area contributed by atoms with Crippen molar-refractivity contribution in [1.29, 1.82) is 0 Å². The lowest BCUT2D eigenvalue weighted by Gasteiger charge is -1.96. The number of H-pyrrole nitrogens is 1. The van der Waals surface area contributed by atoms with Crippen LogP contribution < -0.4 is 0 Å². The van der Waals surface area contributed by atoms with E-state index < -0.39 is 0 Å². The Balaban J connectivity index is 2.18. The molecule has 16 heavy (non-hydrogen) atoms. The van der Waals surface area contributed by atoms with E-state index in [0.717, 1.165) is 5.56 Å². The normalized spacial score (nSPS) is 11.1. The zero-order valence-electron chi connectivity index (χ0n) is 8.62. The molecule has 6 heteroatoms. The third-order valence-corrected chi connectivity index (χ3v) is 3.00. The van der Waals surface area contributed by atoms with E-state index in [1.165, 1.54) is 15.9 Å². The second kappa shape index (κ2) is 5.09. The molecule has 0 aliphatic heterocycles. The fourth-order valence-corrected chi connectivity index (χ4v) is 1.70. The topological polar surface area (TPSA) is 46.0 Å². The Hall–Kier alpha value is -1.40. The highest BCUT2D eigenvalue weighted by atomic mass is 32.2. The van der Waals surface area contributed by atoms with Crippen LogP contribution in [-0.4, -0.2) is 27.3 Å². The molecule has 1 aromatic carbocycles. The predicted octanol–water partition coefficient (Wildman–Crippen LogP) is 2.54. The van der Waals surface area contributed by atoms with Gasteiger partial charge < -0.3 is 0 Å². The lowest BCUT2D eigenvalue weighted by Crippen LogP contribution is -1.88. The number of aromatic nitrogens is 3. The summed E-state index contributed by atoms with van der Waals surface area (Å²) in [6.07, 6.45) is 5.33. The molecule has 0 saturated carbocycles. The molecule has 0 aliphatic rings. The van der Waals surface area contributed by atoms with E-state index >= 15 is 0 Å². The molecule has 0 atom stereocenters. The molecule has 2 aromatic rings. The Bertz CT molecular complexity index is 538. The van der Waals surface area contributed by atoms with Crippen molar-refractivity contribution in [3.8, 4) is 0 Å². The summed E-state index contributed by atoms with van der Waals surface area (Å²) in [6.45, 7) is 0. The first-order valence-electron chi connectivity index (χ1n) is 4.60. The Kier molecular flexibility index (Phi) is 3.53. The van der Waals surface area contributed by atoms with Gasteiger partial charge >= 0.3 is 0 Å². The SMILES string of the molecule is CSc1ccc(/C=N/n2cn[nH]c2=S)cc1. The van der Waals surface area contributed by atoms with Crippen molar-refractivity contribution in [3.05, 3.63) is 40.9 Å². The van der Waals surface area contributed by atoms with E-state index in [-0.39, 0.29) is 0 Å². The van der Waals surface area contributed by atoms with E-state index in [0.29, 0.717) is 4.77 Å². The molecule has 0 bridgehead atoms. The molecule has 1 heterocycles. The molecule has 82 valence electrons. The first-order valence-corrected chi connectivity index (χ1v) is 6.23. The van der Waals surface area contributed by atoms with Gasteiger partial charge in [-0.25, -0.2) is 0 Å². The summed E-state index contributed by atoms with van der Waals surface area (Å²) in [7, 11) is 0. The van der Waals surface area contributed by atoms with Gasteiger partial charge in [-0.05, 0) is 36.2 Å². The molecule has 0 unspecified atom stereocenters. The maximum absolute atomic E-state index is 4.97. The largest absolute Gasteiger partial charge is 0.250 e. The summed E-state index contributed by atoms with van der Waals surface area (Å²) in [4.78, 5) is 1.23. The van der Waals surface area contributed by atoms with E-state index in [4.69, 9.17) is 12.2 Å². The predicted molar refractivity (Wildman–Crippen MR) is 68.6 cm³/mol. The average molecular weight is 250 g/mol. The van der Waals surface area contributed by atoms with Gasteiger partial charge in [0.25, 0.3) is 0 Å². The Morgan fingerprint density at radius 1 is 1.44 bits per heavy atom. The summed E-state index contributed by atoms with van der Waals surface area (Å²) in [5.74, 6) is 0. The van der Waals surface area contributed by atoms with Crippen molar-refractivity contribution in [2.75, 3.05) is 6.26 Å². The number of aromatic amines is 1. The van der Waals surface area contributed by atoms with Crippen LogP contribution in [0, 0.1) is 4.77 Å². The molecule has 0 spiro atoms.